The number of aromatic amines is 1. The molecular weight excluding hydrogens is 431 g/mol. The third-order valence-electron chi connectivity index (χ3n) is 5.49. The number of hydrogen-bond acceptors (Lipinski definition) is 4. The smallest absolute Gasteiger partial charge is 0.387 e. The number of pyridine rings is 1. The number of carbonyl (C=O) groups excluding carboxylic acids is 1. The van der Waals surface area contributed by atoms with Crippen molar-refractivity contribution in [1.82, 2.24) is 9.97 Å². The average Bonchev–Trinajstić information content (AvgIpc) is 3.25. The largest absolute Gasteiger partial charge is 0.416 e. The molecule has 2 aromatic carbocycles. The maximum Gasteiger partial charge on any atom is 0.416 e. The fourth-order valence-corrected chi connectivity index (χ4v) is 3.71. The first kappa shape index (κ1) is 22.2. The molecule has 0 aliphatic heterocycles. The summed E-state index contributed by atoms with van der Waals surface area (Å²) in [4.78, 5) is 20.3. The summed E-state index contributed by atoms with van der Waals surface area (Å²) in [7, 11) is 1.73. The topological polar surface area (TPSA) is 81.8 Å². The third-order valence-corrected chi connectivity index (χ3v) is 5.49. The van der Waals surface area contributed by atoms with Crippen molar-refractivity contribution in [3.05, 3.63) is 77.1 Å². The Balaban J connectivity index is 1.62. The lowest BCUT2D eigenvalue weighted by atomic mass is 10.1. The lowest BCUT2D eigenvalue weighted by Gasteiger charge is -2.17. The van der Waals surface area contributed by atoms with Gasteiger partial charge in [-0.3, -0.25) is 4.79 Å². The molecule has 1 amide bonds. The van der Waals surface area contributed by atoms with E-state index >= 15 is 0 Å². The zero-order valence-electron chi connectivity index (χ0n) is 18.2. The summed E-state index contributed by atoms with van der Waals surface area (Å²) < 4.78 is 39.7. The molecule has 0 saturated heterocycles. The molecule has 33 heavy (non-hydrogen) atoms. The van der Waals surface area contributed by atoms with E-state index in [4.69, 9.17) is 0 Å². The Bertz CT molecular complexity index is 1340. The van der Waals surface area contributed by atoms with Crippen molar-refractivity contribution in [3.63, 3.8) is 0 Å². The minimum absolute atomic E-state index is 0.0979. The molecule has 4 N–H and O–H groups in total. The molecule has 0 bridgehead atoms. The molecule has 0 atom stereocenters. The van der Waals surface area contributed by atoms with Crippen molar-refractivity contribution >= 4 is 39.7 Å². The second kappa shape index (κ2) is 8.50. The number of H-pyrrole nitrogens is 1. The maximum atomic E-state index is 13.2. The van der Waals surface area contributed by atoms with Gasteiger partial charge in [0.15, 0.2) is 0 Å². The van der Waals surface area contributed by atoms with E-state index in [9.17, 15) is 18.0 Å². The molecule has 2 aromatic heterocycles. The molecule has 0 unspecified atom stereocenters. The summed E-state index contributed by atoms with van der Waals surface area (Å²) in [6.45, 7) is 3.26. The molecular formula is C24H22F3N5O. The molecule has 4 rings (SSSR count). The van der Waals surface area contributed by atoms with Crippen LogP contribution in [-0.4, -0.2) is 22.9 Å². The van der Waals surface area contributed by atoms with Gasteiger partial charge in [0.05, 0.1) is 16.8 Å². The molecule has 6 nitrogen and oxygen atoms in total. The minimum Gasteiger partial charge on any atom is -0.387 e. The Labute approximate surface area is 188 Å². The van der Waals surface area contributed by atoms with E-state index in [-0.39, 0.29) is 11.5 Å². The van der Waals surface area contributed by atoms with Crippen LogP contribution >= 0.6 is 0 Å². The first-order chi connectivity index (χ1) is 15.7. The van der Waals surface area contributed by atoms with Gasteiger partial charge in [0.25, 0.3) is 5.91 Å². The number of alkyl halides is 3. The Hall–Kier alpha value is -4.01. The number of aryl methyl sites for hydroxylation is 1. The third kappa shape index (κ3) is 4.34. The van der Waals surface area contributed by atoms with Crippen LogP contribution in [0.5, 0.6) is 0 Å². The summed E-state index contributed by atoms with van der Waals surface area (Å²) in [5.41, 5.74) is 3.30. The van der Waals surface area contributed by atoms with Gasteiger partial charge in [-0.2, -0.15) is 13.2 Å². The van der Waals surface area contributed by atoms with Crippen LogP contribution in [0.4, 0.5) is 35.9 Å². The number of hydrogen-bond donors (Lipinski definition) is 4. The predicted molar refractivity (Wildman–Crippen MR) is 124 cm³/mol. The van der Waals surface area contributed by atoms with Gasteiger partial charge in [0.2, 0.25) is 0 Å². The van der Waals surface area contributed by atoms with Gasteiger partial charge in [-0.1, -0.05) is 12.1 Å². The van der Waals surface area contributed by atoms with Gasteiger partial charge in [0.1, 0.15) is 5.65 Å². The van der Waals surface area contributed by atoms with Crippen LogP contribution in [0.3, 0.4) is 0 Å². The minimum atomic E-state index is -4.44. The second-order valence-corrected chi connectivity index (χ2v) is 7.62. The number of anilines is 4. The molecule has 4 aromatic rings. The van der Waals surface area contributed by atoms with E-state index in [2.05, 4.69) is 25.9 Å². The highest BCUT2D eigenvalue weighted by molar-refractivity contribution is 6.12. The first-order valence-electron chi connectivity index (χ1n) is 10.2. The van der Waals surface area contributed by atoms with Crippen LogP contribution in [0.15, 0.2) is 54.9 Å². The Kier molecular flexibility index (Phi) is 5.71. The van der Waals surface area contributed by atoms with Crippen molar-refractivity contribution in [2.45, 2.75) is 20.0 Å². The van der Waals surface area contributed by atoms with E-state index in [1.807, 2.05) is 13.0 Å². The van der Waals surface area contributed by atoms with E-state index in [0.29, 0.717) is 34.0 Å². The van der Waals surface area contributed by atoms with Crippen molar-refractivity contribution in [2.75, 3.05) is 23.0 Å². The number of benzene rings is 2. The van der Waals surface area contributed by atoms with Gasteiger partial charge in [-0.15, -0.1) is 0 Å². The molecule has 0 aliphatic carbocycles. The number of nitrogens with zero attached hydrogens (tertiary/aromatic N) is 1. The summed E-state index contributed by atoms with van der Waals surface area (Å²) in [6, 6.07) is 11.0. The fraction of sp³-hybridized carbons (Fsp3) is 0.167. The zero-order valence-corrected chi connectivity index (χ0v) is 18.2. The Morgan fingerprint density at radius 1 is 1.06 bits per heavy atom. The highest BCUT2D eigenvalue weighted by Crippen LogP contribution is 2.36. The number of aromatic nitrogens is 2. The summed E-state index contributed by atoms with van der Waals surface area (Å²) in [5, 5.41) is 9.75. The van der Waals surface area contributed by atoms with Crippen LogP contribution in [0, 0.1) is 13.8 Å². The molecule has 2 heterocycles. The number of rotatable bonds is 5. The number of amides is 1. The SMILES string of the molecule is CNc1c(C(=O)Nc2cc(Nc3cccc(C(F)(F)F)c3C)ccc2C)cnc2[nH]ccc12. The molecule has 170 valence electrons. The van der Waals surface area contributed by atoms with Crippen molar-refractivity contribution in [1.29, 1.82) is 0 Å². The quantitative estimate of drug-likeness (QED) is 0.288. The predicted octanol–water partition coefficient (Wildman–Crippen LogP) is 6.24. The number of nitrogens with one attached hydrogen (secondary N) is 4. The molecule has 0 saturated carbocycles. The van der Waals surface area contributed by atoms with Crippen molar-refractivity contribution < 1.29 is 18.0 Å². The van der Waals surface area contributed by atoms with Crippen LogP contribution in [0.1, 0.15) is 27.0 Å². The van der Waals surface area contributed by atoms with E-state index < -0.39 is 11.7 Å². The van der Waals surface area contributed by atoms with Crippen LogP contribution in [-0.2, 0) is 6.18 Å². The van der Waals surface area contributed by atoms with Gasteiger partial charge >= 0.3 is 6.18 Å². The van der Waals surface area contributed by atoms with Crippen LogP contribution in [0.25, 0.3) is 11.0 Å². The number of halogens is 3. The highest BCUT2D eigenvalue weighted by Gasteiger charge is 2.32. The lowest BCUT2D eigenvalue weighted by Crippen LogP contribution is -2.15. The lowest BCUT2D eigenvalue weighted by molar-refractivity contribution is -0.138. The average molecular weight is 453 g/mol. The molecule has 0 spiro atoms. The normalized spacial score (nSPS) is 11.5. The van der Waals surface area contributed by atoms with Gasteiger partial charge < -0.3 is 20.9 Å². The van der Waals surface area contributed by atoms with Crippen LogP contribution in [0.2, 0.25) is 0 Å². The summed E-state index contributed by atoms with van der Waals surface area (Å²) in [6.07, 6.45) is -1.20. The summed E-state index contributed by atoms with van der Waals surface area (Å²) in [5.74, 6) is -0.356. The van der Waals surface area contributed by atoms with Crippen molar-refractivity contribution in [3.8, 4) is 0 Å². The molecule has 9 heteroatoms. The Morgan fingerprint density at radius 3 is 2.58 bits per heavy atom. The molecule has 0 fully saturated rings. The van der Waals surface area contributed by atoms with E-state index in [0.717, 1.165) is 17.0 Å². The zero-order chi connectivity index (χ0) is 23.8. The van der Waals surface area contributed by atoms with Gasteiger partial charge in [0, 0.05) is 41.9 Å². The fourth-order valence-electron chi connectivity index (χ4n) is 3.71. The van der Waals surface area contributed by atoms with Gasteiger partial charge in [-0.05, 0) is 55.3 Å². The van der Waals surface area contributed by atoms with Crippen LogP contribution < -0.4 is 16.0 Å². The highest BCUT2D eigenvalue weighted by atomic mass is 19.4. The van der Waals surface area contributed by atoms with Gasteiger partial charge in [-0.25, -0.2) is 4.98 Å². The van der Waals surface area contributed by atoms with E-state index in [1.54, 1.807) is 37.5 Å². The van der Waals surface area contributed by atoms with Crippen molar-refractivity contribution in [2.24, 2.45) is 0 Å². The maximum absolute atomic E-state index is 13.2. The number of fused-ring (bicyclic) bond motifs is 1. The molecule has 0 radical (unpaired) electrons. The summed E-state index contributed by atoms with van der Waals surface area (Å²) >= 11 is 0. The first-order valence-corrected chi connectivity index (χ1v) is 10.2. The second-order valence-electron chi connectivity index (χ2n) is 7.62. The van der Waals surface area contributed by atoms with E-state index in [1.165, 1.54) is 19.2 Å². The molecule has 0 aliphatic rings. The number of carbonyl (C=O) groups is 1. The Morgan fingerprint density at radius 2 is 1.85 bits per heavy atom. The standard InChI is InChI=1S/C24H22F3N5O/c1-13-7-8-15(31-19-6-4-5-18(14(19)2)24(25,26)27)11-20(13)32-23(33)17-12-30-22-16(9-10-29-22)21(17)28-3/h4-12,31H,1-3H3,(H,32,33)(H2,28,29,30). The monoisotopic (exact) mass is 453 g/mol.